The van der Waals surface area contributed by atoms with Crippen LogP contribution in [0, 0.1) is 5.92 Å². The molecule has 4 heteroatoms. The van der Waals surface area contributed by atoms with E-state index >= 15 is 0 Å². The number of phenols is 2. The monoisotopic (exact) mass is 289 g/mol. The average Bonchev–Trinajstić information content (AvgIpc) is 2.50. The molecule has 4 nitrogen and oxygen atoms in total. The summed E-state index contributed by atoms with van der Waals surface area (Å²) in [5, 5.41) is 19.0. The number of rotatable bonds is 3. The van der Waals surface area contributed by atoms with Gasteiger partial charge in [-0.3, -0.25) is 4.99 Å². The van der Waals surface area contributed by atoms with Gasteiger partial charge in [0.05, 0.1) is 19.1 Å². The van der Waals surface area contributed by atoms with Crippen LogP contribution in [0.25, 0.3) is 0 Å². The zero-order valence-corrected chi connectivity index (χ0v) is 12.5. The van der Waals surface area contributed by atoms with Crippen LogP contribution >= 0.6 is 0 Å². The maximum Gasteiger partial charge on any atom is 0.128 e. The van der Waals surface area contributed by atoms with Gasteiger partial charge in [0.25, 0.3) is 0 Å². The topological polar surface area (TPSA) is 57.3 Å². The van der Waals surface area contributed by atoms with Gasteiger partial charge < -0.3 is 15.1 Å². The molecular formula is C17H25N2O2+. The van der Waals surface area contributed by atoms with Gasteiger partial charge in [-0.15, -0.1) is 0 Å². The van der Waals surface area contributed by atoms with Gasteiger partial charge in [0.2, 0.25) is 0 Å². The minimum absolute atomic E-state index is 0.0818. The maximum absolute atomic E-state index is 9.76. The summed E-state index contributed by atoms with van der Waals surface area (Å²) in [5.74, 6) is 0.857. The number of nitrogens with one attached hydrogen (secondary N) is 1. The summed E-state index contributed by atoms with van der Waals surface area (Å²) in [6.45, 7) is 3.53. The molecule has 0 radical (unpaired) electrons. The zero-order chi connectivity index (χ0) is 14.7. The molecular weight excluding hydrogens is 264 g/mol. The second kappa shape index (κ2) is 6.48. The number of hydrogen-bond acceptors (Lipinski definition) is 3. The van der Waals surface area contributed by atoms with E-state index in [9.17, 15) is 10.2 Å². The van der Waals surface area contributed by atoms with E-state index in [1.807, 2.05) is 0 Å². The summed E-state index contributed by atoms with van der Waals surface area (Å²) in [6, 6.07) is 5.43. The summed E-state index contributed by atoms with van der Waals surface area (Å²) in [4.78, 5) is 6.36. The average molecular weight is 289 g/mol. The molecule has 3 rings (SSSR count). The Hall–Kier alpha value is -1.55. The molecule has 3 N–H and O–H groups in total. The third-order valence-electron chi connectivity index (χ3n) is 5.01. The van der Waals surface area contributed by atoms with Crippen LogP contribution in [-0.2, 0) is 0 Å². The van der Waals surface area contributed by atoms with Crippen LogP contribution in [0.3, 0.4) is 0 Å². The Kier molecular flexibility index (Phi) is 4.44. The standard InChI is InChI=1S/C17H24N2O2/c20-15-7-6-14(17(21)10-15)12-18-11-13-4-3-9-19-8-2-1-5-16(13)19/h6-7,10,12-13,16,20-21H,1-5,8-9,11H2/p+1/t13-,16+/m0/s1. The largest absolute Gasteiger partial charge is 0.508 e. The van der Waals surface area contributed by atoms with Crippen molar-refractivity contribution in [2.45, 2.75) is 38.1 Å². The fourth-order valence-electron chi connectivity index (χ4n) is 3.92. The Morgan fingerprint density at radius 3 is 2.86 bits per heavy atom. The number of quaternary nitrogens is 1. The van der Waals surface area contributed by atoms with Gasteiger partial charge in [-0.25, -0.2) is 0 Å². The Labute approximate surface area is 126 Å². The Balaban J connectivity index is 1.62. The van der Waals surface area contributed by atoms with E-state index in [0.717, 1.165) is 12.6 Å². The molecule has 2 aliphatic rings. The van der Waals surface area contributed by atoms with Crippen molar-refractivity contribution in [1.29, 1.82) is 0 Å². The smallest absolute Gasteiger partial charge is 0.128 e. The van der Waals surface area contributed by atoms with Crippen LogP contribution in [0.2, 0.25) is 0 Å². The highest BCUT2D eigenvalue weighted by atomic mass is 16.3. The lowest BCUT2D eigenvalue weighted by Crippen LogP contribution is -3.18. The molecule has 2 saturated heterocycles. The van der Waals surface area contributed by atoms with Gasteiger partial charge >= 0.3 is 0 Å². The van der Waals surface area contributed by atoms with Crippen molar-refractivity contribution in [3.63, 3.8) is 0 Å². The van der Waals surface area contributed by atoms with Crippen molar-refractivity contribution < 1.29 is 15.1 Å². The van der Waals surface area contributed by atoms with E-state index in [2.05, 4.69) is 4.99 Å². The van der Waals surface area contributed by atoms with E-state index in [4.69, 9.17) is 0 Å². The van der Waals surface area contributed by atoms with Gasteiger partial charge in [-0.1, -0.05) is 0 Å². The van der Waals surface area contributed by atoms with E-state index in [-0.39, 0.29) is 11.5 Å². The number of piperidine rings is 2. The van der Waals surface area contributed by atoms with Crippen molar-refractivity contribution in [2.24, 2.45) is 10.9 Å². The number of nitrogens with zero attached hydrogens (tertiary/aromatic N) is 1. The molecule has 0 bridgehead atoms. The predicted octanol–water partition coefficient (Wildman–Crippen LogP) is 1.36. The van der Waals surface area contributed by atoms with Crippen LogP contribution in [-0.4, -0.2) is 42.1 Å². The predicted molar refractivity (Wildman–Crippen MR) is 83.3 cm³/mol. The molecule has 21 heavy (non-hydrogen) atoms. The summed E-state index contributed by atoms with van der Waals surface area (Å²) in [6.07, 6.45) is 8.44. The number of aliphatic imine (C=N–C) groups is 1. The Bertz CT molecular complexity index is 514. The summed E-state index contributed by atoms with van der Waals surface area (Å²) >= 11 is 0. The van der Waals surface area contributed by atoms with E-state index in [1.54, 1.807) is 23.2 Å². The molecule has 0 aliphatic carbocycles. The number of fused-ring (bicyclic) bond motifs is 1. The van der Waals surface area contributed by atoms with Crippen molar-refractivity contribution in [2.75, 3.05) is 19.6 Å². The van der Waals surface area contributed by atoms with Crippen LogP contribution in [0.1, 0.15) is 37.7 Å². The number of benzene rings is 1. The third kappa shape index (κ3) is 3.38. The van der Waals surface area contributed by atoms with Crippen LogP contribution in [0.15, 0.2) is 23.2 Å². The summed E-state index contributed by atoms with van der Waals surface area (Å²) in [7, 11) is 0. The summed E-state index contributed by atoms with van der Waals surface area (Å²) < 4.78 is 0. The lowest BCUT2D eigenvalue weighted by Gasteiger charge is -2.40. The fourth-order valence-corrected chi connectivity index (χ4v) is 3.92. The van der Waals surface area contributed by atoms with E-state index < -0.39 is 0 Å². The highest BCUT2D eigenvalue weighted by Gasteiger charge is 2.36. The molecule has 1 aromatic rings. The van der Waals surface area contributed by atoms with E-state index in [0.29, 0.717) is 11.5 Å². The maximum atomic E-state index is 9.76. The van der Waals surface area contributed by atoms with Gasteiger partial charge in [-0.2, -0.15) is 0 Å². The van der Waals surface area contributed by atoms with E-state index in [1.165, 1.54) is 51.3 Å². The number of phenolic OH excluding ortho intramolecular Hbond substituents is 2. The lowest BCUT2D eigenvalue weighted by atomic mass is 9.83. The second-order valence-corrected chi connectivity index (χ2v) is 6.40. The first kappa shape index (κ1) is 14.4. The van der Waals surface area contributed by atoms with Crippen LogP contribution in [0.5, 0.6) is 11.5 Å². The normalized spacial score (nSPS) is 29.4. The minimum atomic E-state index is 0.0818. The number of hydrogen-bond donors (Lipinski definition) is 3. The minimum Gasteiger partial charge on any atom is -0.508 e. The molecule has 0 aromatic heterocycles. The van der Waals surface area contributed by atoms with Crippen LogP contribution in [0.4, 0.5) is 0 Å². The highest BCUT2D eigenvalue weighted by Crippen LogP contribution is 2.22. The Morgan fingerprint density at radius 2 is 2.00 bits per heavy atom. The first-order chi connectivity index (χ1) is 10.2. The molecule has 0 spiro atoms. The van der Waals surface area contributed by atoms with Gasteiger partial charge in [-0.05, 0) is 44.2 Å². The SMILES string of the molecule is Oc1ccc(C=NC[C@@H]2CCC[NH+]3CCCC[C@H]23)c(O)c1. The molecule has 0 saturated carbocycles. The van der Waals surface area contributed by atoms with Crippen molar-refractivity contribution in [1.82, 2.24) is 0 Å². The van der Waals surface area contributed by atoms with Gasteiger partial charge in [0.15, 0.2) is 0 Å². The zero-order valence-electron chi connectivity index (χ0n) is 12.5. The van der Waals surface area contributed by atoms with Crippen molar-refractivity contribution >= 4 is 6.21 Å². The lowest BCUT2D eigenvalue weighted by molar-refractivity contribution is -0.939. The molecule has 3 atom stereocenters. The first-order valence-electron chi connectivity index (χ1n) is 8.10. The summed E-state index contributed by atoms with van der Waals surface area (Å²) in [5.41, 5.74) is 0.677. The van der Waals surface area contributed by atoms with Crippen molar-refractivity contribution in [3.05, 3.63) is 23.8 Å². The van der Waals surface area contributed by atoms with Crippen LogP contribution < -0.4 is 4.90 Å². The molecule has 0 amide bonds. The first-order valence-corrected chi connectivity index (χ1v) is 8.10. The molecule has 1 aromatic carbocycles. The molecule has 2 aliphatic heterocycles. The molecule has 114 valence electrons. The fraction of sp³-hybridized carbons (Fsp3) is 0.588. The van der Waals surface area contributed by atoms with Gasteiger partial charge in [0.1, 0.15) is 11.5 Å². The highest BCUT2D eigenvalue weighted by molar-refractivity contribution is 5.83. The number of aromatic hydroxyl groups is 2. The molecule has 2 fully saturated rings. The Morgan fingerprint density at radius 1 is 1.14 bits per heavy atom. The quantitative estimate of drug-likeness (QED) is 0.736. The third-order valence-corrected chi connectivity index (χ3v) is 5.01. The van der Waals surface area contributed by atoms with Crippen molar-refractivity contribution in [3.8, 4) is 11.5 Å². The second-order valence-electron chi connectivity index (χ2n) is 6.40. The molecule has 1 unspecified atom stereocenters. The molecule has 2 heterocycles. The van der Waals surface area contributed by atoms with Gasteiger partial charge in [0, 0.05) is 30.3 Å².